The van der Waals surface area contributed by atoms with Gasteiger partial charge in [0.15, 0.2) is 6.10 Å². The van der Waals surface area contributed by atoms with Gasteiger partial charge in [-0.3, -0.25) is 0 Å². The third kappa shape index (κ3) is 4.75. The number of esters is 1. The Morgan fingerprint density at radius 3 is 2.35 bits per heavy atom. The molecule has 0 spiro atoms. The van der Waals surface area contributed by atoms with Gasteiger partial charge in [-0.25, -0.2) is 4.79 Å². The molecule has 0 aliphatic rings. The summed E-state index contributed by atoms with van der Waals surface area (Å²) in [6, 6.07) is 3.77. The van der Waals surface area contributed by atoms with Crippen LogP contribution in [0.2, 0.25) is 0 Å². The Kier molecular flexibility index (Phi) is 7.55. The van der Waals surface area contributed by atoms with Crippen LogP contribution in [-0.2, 0) is 16.1 Å². The van der Waals surface area contributed by atoms with Gasteiger partial charge in [0.1, 0.15) is 5.75 Å². The topological polar surface area (TPSA) is 61.5 Å². The molecule has 0 saturated heterocycles. The van der Waals surface area contributed by atoms with Crippen molar-refractivity contribution in [2.75, 3.05) is 6.61 Å². The van der Waals surface area contributed by atoms with Gasteiger partial charge in [0.2, 0.25) is 0 Å². The van der Waals surface area contributed by atoms with Crippen molar-refractivity contribution in [3.63, 3.8) is 0 Å². The van der Waals surface area contributed by atoms with Crippen LogP contribution in [-0.4, -0.2) is 18.7 Å². The van der Waals surface area contributed by atoms with Crippen molar-refractivity contribution in [2.45, 2.75) is 39.3 Å². The molecule has 20 heavy (non-hydrogen) atoms. The molecule has 112 valence electrons. The Morgan fingerprint density at radius 2 is 1.90 bits per heavy atom. The smallest absolute Gasteiger partial charge is 0.347 e. The van der Waals surface area contributed by atoms with E-state index in [1.54, 1.807) is 6.92 Å². The van der Waals surface area contributed by atoms with E-state index in [0.29, 0.717) is 25.3 Å². The van der Waals surface area contributed by atoms with Gasteiger partial charge in [0, 0.05) is 6.54 Å². The molecule has 0 fully saturated rings. The molecule has 2 N–H and O–H groups in total. The van der Waals surface area contributed by atoms with Crippen molar-refractivity contribution in [1.82, 2.24) is 0 Å². The van der Waals surface area contributed by atoms with Crippen molar-refractivity contribution in [3.8, 4) is 5.75 Å². The molecule has 0 heterocycles. The fraction of sp³-hybridized carbons (Fsp3) is 0.500. The summed E-state index contributed by atoms with van der Waals surface area (Å²) >= 11 is 6.89. The van der Waals surface area contributed by atoms with Crippen LogP contribution in [0.1, 0.15) is 32.3 Å². The molecule has 0 amide bonds. The van der Waals surface area contributed by atoms with Gasteiger partial charge in [-0.05, 0) is 62.9 Å². The summed E-state index contributed by atoms with van der Waals surface area (Å²) in [5, 5.41) is 0. The molecule has 0 aliphatic heterocycles. The number of ether oxygens (including phenoxy) is 2. The molecule has 0 aliphatic carbocycles. The van der Waals surface area contributed by atoms with Crippen molar-refractivity contribution >= 4 is 37.8 Å². The Morgan fingerprint density at radius 1 is 1.30 bits per heavy atom. The first kappa shape index (κ1) is 17.5. The second kappa shape index (κ2) is 8.64. The van der Waals surface area contributed by atoms with Crippen molar-refractivity contribution in [1.29, 1.82) is 0 Å². The maximum atomic E-state index is 11.9. The highest BCUT2D eigenvalue weighted by Gasteiger charge is 2.23. The molecule has 1 atom stereocenters. The Balaban J connectivity index is 2.96. The lowest BCUT2D eigenvalue weighted by Gasteiger charge is -2.19. The first-order valence-corrected chi connectivity index (χ1v) is 8.13. The number of hydrogen-bond acceptors (Lipinski definition) is 4. The number of rotatable bonds is 7. The van der Waals surface area contributed by atoms with Crippen LogP contribution in [0, 0.1) is 0 Å². The fourth-order valence-electron chi connectivity index (χ4n) is 1.71. The van der Waals surface area contributed by atoms with Crippen LogP contribution >= 0.6 is 31.9 Å². The molecule has 1 aromatic rings. The third-order valence-corrected chi connectivity index (χ3v) is 3.83. The highest BCUT2D eigenvalue weighted by atomic mass is 79.9. The van der Waals surface area contributed by atoms with Crippen LogP contribution in [0.3, 0.4) is 0 Å². The quantitative estimate of drug-likeness (QED) is 0.697. The molecule has 1 rings (SSSR count). The third-order valence-electron chi connectivity index (χ3n) is 2.65. The number of benzene rings is 1. The number of carbonyl (C=O) groups is 1. The number of carbonyl (C=O) groups excluding carboxylic acids is 1. The normalized spacial score (nSPS) is 12.1. The highest BCUT2D eigenvalue weighted by Crippen LogP contribution is 2.36. The van der Waals surface area contributed by atoms with Gasteiger partial charge in [0.25, 0.3) is 0 Å². The van der Waals surface area contributed by atoms with E-state index in [-0.39, 0.29) is 5.97 Å². The Labute approximate surface area is 136 Å². The standard InChI is InChI=1S/C14H19Br2NO3/c1-3-5-12(14(18)19-4-2)20-13-10(15)6-9(8-17)7-11(13)16/h6-7,12H,3-5,8,17H2,1-2H3. The zero-order chi connectivity index (χ0) is 15.1. The minimum absolute atomic E-state index is 0.337. The summed E-state index contributed by atoms with van der Waals surface area (Å²) in [6.07, 6.45) is 0.840. The molecule has 0 bridgehead atoms. The van der Waals surface area contributed by atoms with E-state index < -0.39 is 6.10 Å². The largest absolute Gasteiger partial charge is 0.476 e. The van der Waals surface area contributed by atoms with Crippen LogP contribution in [0.5, 0.6) is 5.75 Å². The Hall–Kier alpha value is -0.590. The van der Waals surface area contributed by atoms with Crippen molar-refractivity contribution < 1.29 is 14.3 Å². The lowest BCUT2D eigenvalue weighted by molar-refractivity contribution is -0.151. The summed E-state index contributed by atoms with van der Waals surface area (Å²) in [6.45, 7) is 4.56. The summed E-state index contributed by atoms with van der Waals surface area (Å²) in [4.78, 5) is 11.9. The first-order valence-electron chi connectivity index (χ1n) is 6.54. The van der Waals surface area contributed by atoms with Crippen LogP contribution in [0.25, 0.3) is 0 Å². The van der Waals surface area contributed by atoms with Gasteiger partial charge in [-0.1, -0.05) is 13.3 Å². The molecular formula is C14H19Br2NO3. The lowest BCUT2D eigenvalue weighted by Crippen LogP contribution is -2.29. The molecule has 0 radical (unpaired) electrons. The molecule has 4 nitrogen and oxygen atoms in total. The summed E-state index contributed by atoms with van der Waals surface area (Å²) in [5.41, 5.74) is 6.59. The maximum Gasteiger partial charge on any atom is 0.347 e. The second-order valence-corrected chi connectivity index (χ2v) is 5.95. The molecule has 6 heteroatoms. The predicted molar refractivity (Wildman–Crippen MR) is 85.7 cm³/mol. The predicted octanol–water partition coefficient (Wildman–Crippen LogP) is 3.78. The number of halogens is 2. The summed E-state index contributed by atoms with van der Waals surface area (Å²) < 4.78 is 12.4. The summed E-state index contributed by atoms with van der Waals surface area (Å²) in [5.74, 6) is 0.254. The number of nitrogens with two attached hydrogens (primary N) is 1. The van der Waals surface area contributed by atoms with Crippen LogP contribution < -0.4 is 10.5 Å². The zero-order valence-electron chi connectivity index (χ0n) is 11.6. The molecule has 1 aromatic carbocycles. The van der Waals surface area contributed by atoms with Crippen molar-refractivity contribution in [3.05, 3.63) is 26.6 Å². The average molecular weight is 409 g/mol. The van der Waals surface area contributed by atoms with Gasteiger partial charge in [-0.15, -0.1) is 0 Å². The minimum Gasteiger partial charge on any atom is -0.476 e. The molecule has 0 saturated carbocycles. The Bertz CT molecular complexity index is 443. The summed E-state index contributed by atoms with van der Waals surface area (Å²) in [7, 11) is 0. The van der Waals surface area contributed by atoms with Crippen LogP contribution in [0.15, 0.2) is 21.1 Å². The first-order chi connectivity index (χ1) is 9.53. The van der Waals surface area contributed by atoms with E-state index in [2.05, 4.69) is 31.9 Å². The average Bonchev–Trinajstić information content (AvgIpc) is 2.41. The molecule has 1 unspecified atom stereocenters. The van der Waals surface area contributed by atoms with Gasteiger partial charge < -0.3 is 15.2 Å². The zero-order valence-corrected chi connectivity index (χ0v) is 14.8. The SMILES string of the molecule is CCCC(Oc1c(Br)cc(CN)cc1Br)C(=O)OCC. The molecule has 0 aromatic heterocycles. The van der Waals surface area contributed by atoms with E-state index in [4.69, 9.17) is 15.2 Å². The molecular weight excluding hydrogens is 390 g/mol. The van der Waals surface area contributed by atoms with E-state index in [1.807, 2.05) is 19.1 Å². The van der Waals surface area contributed by atoms with E-state index in [1.165, 1.54) is 0 Å². The van der Waals surface area contributed by atoms with Crippen LogP contribution in [0.4, 0.5) is 0 Å². The van der Waals surface area contributed by atoms with E-state index >= 15 is 0 Å². The lowest BCUT2D eigenvalue weighted by atomic mass is 10.2. The van der Waals surface area contributed by atoms with Gasteiger partial charge in [-0.2, -0.15) is 0 Å². The van der Waals surface area contributed by atoms with Gasteiger partial charge in [0.05, 0.1) is 15.6 Å². The van der Waals surface area contributed by atoms with E-state index in [9.17, 15) is 4.79 Å². The number of hydrogen-bond donors (Lipinski definition) is 1. The highest BCUT2D eigenvalue weighted by molar-refractivity contribution is 9.11. The van der Waals surface area contributed by atoms with Gasteiger partial charge >= 0.3 is 5.97 Å². The fourth-order valence-corrected chi connectivity index (χ4v) is 3.18. The van der Waals surface area contributed by atoms with Crippen molar-refractivity contribution in [2.24, 2.45) is 5.73 Å². The monoisotopic (exact) mass is 407 g/mol. The second-order valence-electron chi connectivity index (χ2n) is 4.24. The minimum atomic E-state index is -0.601. The maximum absolute atomic E-state index is 11.9. The van der Waals surface area contributed by atoms with E-state index in [0.717, 1.165) is 20.9 Å².